The summed E-state index contributed by atoms with van der Waals surface area (Å²) in [4.78, 5) is 0. The highest BCUT2D eigenvalue weighted by atomic mass is 32.2. The number of nitrogens with one attached hydrogen (secondary N) is 2. The topological polar surface area (TPSA) is 61.4 Å². The van der Waals surface area contributed by atoms with Gasteiger partial charge in [0, 0.05) is 25.4 Å². The molecule has 0 aliphatic carbocycles. The molecule has 0 bridgehead atoms. The zero-order valence-corrected chi connectivity index (χ0v) is 12.8. The Morgan fingerprint density at radius 3 is 2.59 bits per heavy atom. The molecular formula is C10H25N3O2S2. The Hall–Kier alpha value is 0.180. The maximum absolute atomic E-state index is 11.9. The molecule has 0 rings (SSSR count). The molecule has 1 unspecified atom stereocenters. The van der Waals surface area contributed by atoms with Crippen LogP contribution in [0.2, 0.25) is 0 Å². The van der Waals surface area contributed by atoms with E-state index in [2.05, 4.69) is 17.0 Å². The molecule has 0 saturated heterocycles. The lowest BCUT2D eigenvalue weighted by Crippen LogP contribution is -2.44. The van der Waals surface area contributed by atoms with Crippen LogP contribution in [-0.2, 0) is 10.2 Å². The predicted molar refractivity (Wildman–Crippen MR) is 75.7 cm³/mol. The van der Waals surface area contributed by atoms with E-state index in [1.165, 1.54) is 4.31 Å². The summed E-state index contributed by atoms with van der Waals surface area (Å²) >= 11 is 1.73. The number of hydrogen-bond donors (Lipinski definition) is 2. The fourth-order valence-electron chi connectivity index (χ4n) is 1.27. The summed E-state index contributed by atoms with van der Waals surface area (Å²) in [5.74, 6) is 1.81. The summed E-state index contributed by atoms with van der Waals surface area (Å²) in [6.07, 6.45) is 0.812. The second-order valence-corrected chi connectivity index (χ2v) is 7.09. The third kappa shape index (κ3) is 7.99. The van der Waals surface area contributed by atoms with E-state index in [9.17, 15) is 8.42 Å². The van der Waals surface area contributed by atoms with Crippen molar-refractivity contribution in [2.45, 2.75) is 26.3 Å². The fraction of sp³-hybridized carbons (Fsp3) is 1.00. The third-order valence-electron chi connectivity index (χ3n) is 2.23. The van der Waals surface area contributed by atoms with Crippen molar-refractivity contribution in [3.63, 3.8) is 0 Å². The Morgan fingerprint density at radius 1 is 1.41 bits per heavy atom. The van der Waals surface area contributed by atoms with Gasteiger partial charge in [0.2, 0.25) is 0 Å². The van der Waals surface area contributed by atoms with Crippen LogP contribution in [0.1, 0.15) is 20.3 Å². The molecule has 17 heavy (non-hydrogen) atoms. The molecule has 0 aromatic heterocycles. The number of nitrogens with zero attached hydrogens (tertiary/aromatic N) is 1. The van der Waals surface area contributed by atoms with Crippen molar-refractivity contribution in [3.05, 3.63) is 0 Å². The highest BCUT2D eigenvalue weighted by molar-refractivity contribution is 7.99. The summed E-state index contributed by atoms with van der Waals surface area (Å²) in [5.41, 5.74) is 0. The molecule has 0 aliphatic rings. The van der Waals surface area contributed by atoms with E-state index in [0.29, 0.717) is 6.54 Å². The lowest BCUT2D eigenvalue weighted by molar-refractivity contribution is 0.443. The second kappa shape index (κ2) is 9.16. The van der Waals surface area contributed by atoms with E-state index in [1.54, 1.807) is 18.8 Å². The molecule has 0 spiro atoms. The highest BCUT2D eigenvalue weighted by Gasteiger charge is 2.19. The molecule has 2 N–H and O–H groups in total. The molecule has 0 amide bonds. The first kappa shape index (κ1) is 17.2. The van der Waals surface area contributed by atoms with Crippen LogP contribution in [0.3, 0.4) is 0 Å². The third-order valence-corrected chi connectivity index (χ3v) is 5.08. The Morgan fingerprint density at radius 2 is 2.06 bits per heavy atom. The molecule has 0 fully saturated rings. The number of thioether (sulfide) groups is 1. The van der Waals surface area contributed by atoms with Gasteiger partial charge < -0.3 is 5.32 Å². The lowest BCUT2D eigenvalue weighted by atomic mass is 10.4. The van der Waals surface area contributed by atoms with Crippen LogP contribution in [0.4, 0.5) is 0 Å². The largest absolute Gasteiger partial charge is 0.320 e. The summed E-state index contributed by atoms with van der Waals surface area (Å²) in [6.45, 7) is 5.31. The summed E-state index contributed by atoms with van der Waals surface area (Å²) < 4.78 is 27.8. The van der Waals surface area contributed by atoms with E-state index in [4.69, 9.17) is 0 Å². The average molecular weight is 283 g/mol. The van der Waals surface area contributed by atoms with Gasteiger partial charge in [-0.05, 0) is 32.7 Å². The monoisotopic (exact) mass is 283 g/mol. The van der Waals surface area contributed by atoms with Crippen LogP contribution < -0.4 is 10.0 Å². The fourth-order valence-corrected chi connectivity index (χ4v) is 3.19. The smallest absolute Gasteiger partial charge is 0.279 e. The van der Waals surface area contributed by atoms with Gasteiger partial charge in [0.05, 0.1) is 0 Å². The maximum Gasteiger partial charge on any atom is 0.279 e. The minimum Gasteiger partial charge on any atom is -0.320 e. The van der Waals surface area contributed by atoms with Gasteiger partial charge in [-0.15, -0.1) is 0 Å². The number of rotatable bonds is 10. The van der Waals surface area contributed by atoms with Crippen molar-refractivity contribution in [1.29, 1.82) is 0 Å². The SMILES string of the molecule is CCSCC(C)NS(=O)(=O)N(C)CCCNC. The second-order valence-electron chi connectivity index (χ2n) is 3.96. The van der Waals surface area contributed by atoms with Gasteiger partial charge in [-0.25, -0.2) is 0 Å². The molecular weight excluding hydrogens is 258 g/mol. The van der Waals surface area contributed by atoms with Crippen LogP contribution in [0, 0.1) is 0 Å². The Bertz CT molecular complexity index is 283. The Labute approximate surface area is 110 Å². The quantitative estimate of drug-likeness (QED) is 0.573. The van der Waals surface area contributed by atoms with Crippen LogP contribution >= 0.6 is 11.8 Å². The molecule has 0 aromatic rings. The van der Waals surface area contributed by atoms with Gasteiger partial charge in [0.1, 0.15) is 0 Å². The van der Waals surface area contributed by atoms with Crippen LogP contribution in [-0.4, -0.2) is 57.5 Å². The van der Waals surface area contributed by atoms with E-state index >= 15 is 0 Å². The van der Waals surface area contributed by atoms with E-state index in [0.717, 1.165) is 24.5 Å². The molecule has 0 radical (unpaired) electrons. The molecule has 0 heterocycles. The van der Waals surface area contributed by atoms with Gasteiger partial charge in [-0.3, -0.25) is 0 Å². The van der Waals surface area contributed by atoms with Crippen molar-refractivity contribution in [2.24, 2.45) is 0 Å². The molecule has 0 aromatic carbocycles. The molecule has 0 aliphatic heterocycles. The molecule has 5 nitrogen and oxygen atoms in total. The first-order valence-electron chi connectivity index (χ1n) is 5.90. The number of hydrogen-bond acceptors (Lipinski definition) is 4. The maximum atomic E-state index is 11.9. The van der Waals surface area contributed by atoms with E-state index in [-0.39, 0.29) is 6.04 Å². The minimum atomic E-state index is -3.33. The van der Waals surface area contributed by atoms with Gasteiger partial charge in [0.25, 0.3) is 10.2 Å². The molecule has 1 atom stereocenters. The van der Waals surface area contributed by atoms with Crippen LogP contribution in [0.5, 0.6) is 0 Å². The Kier molecular flexibility index (Phi) is 9.25. The zero-order valence-electron chi connectivity index (χ0n) is 11.2. The van der Waals surface area contributed by atoms with E-state index < -0.39 is 10.2 Å². The van der Waals surface area contributed by atoms with Crippen molar-refractivity contribution in [3.8, 4) is 0 Å². The van der Waals surface area contributed by atoms with Crippen molar-refractivity contribution in [2.75, 3.05) is 38.7 Å². The van der Waals surface area contributed by atoms with Gasteiger partial charge in [-0.1, -0.05) is 6.92 Å². The van der Waals surface area contributed by atoms with Crippen LogP contribution in [0.25, 0.3) is 0 Å². The molecule has 0 saturated carbocycles. The van der Waals surface area contributed by atoms with Crippen molar-refractivity contribution in [1.82, 2.24) is 14.3 Å². The average Bonchev–Trinajstić information content (AvgIpc) is 2.26. The summed E-state index contributed by atoms with van der Waals surface area (Å²) in [5, 5.41) is 3.00. The van der Waals surface area contributed by atoms with Gasteiger partial charge in [0.15, 0.2) is 0 Å². The van der Waals surface area contributed by atoms with E-state index in [1.807, 2.05) is 14.0 Å². The predicted octanol–water partition coefficient (Wildman–Crippen LogP) is 0.504. The first-order valence-corrected chi connectivity index (χ1v) is 8.49. The van der Waals surface area contributed by atoms with Crippen molar-refractivity contribution < 1.29 is 8.42 Å². The highest BCUT2D eigenvalue weighted by Crippen LogP contribution is 2.04. The lowest BCUT2D eigenvalue weighted by Gasteiger charge is -2.20. The summed E-state index contributed by atoms with van der Waals surface area (Å²) in [6, 6.07) is -0.0308. The van der Waals surface area contributed by atoms with Gasteiger partial charge in [-0.2, -0.15) is 29.2 Å². The normalized spacial score (nSPS) is 14.2. The molecule has 104 valence electrons. The summed E-state index contributed by atoms with van der Waals surface area (Å²) in [7, 11) is 0.139. The first-order chi connectivity index (χ1) is 7.94. The van der Waals surface area contributed by atoms with Crippen molar-refractivity contribution >= 4 is 22.0 Å². The zero-order chi connectivity index (χ0) is 13.3. The minimum absolute atomic E-state index is 0.0308. The standard InChI is InChI=1S/C10H25N3O2S2/c1-5-16-9-10(2)12-17(14,15)13(4)8-6-7-11-3/h10-12H,5-9H2,1-4H3. The van der Waals surface area contributed by atoms with Crippen LogP contribution in [0.15, 0.2) is 0 Å². The van der Waals surface area contributed by atoms with Gasteiger partial charge >= 0.3 is 0 Å². The Balaban J connectivity index is 4.07. The molecule has 7 heteroatoms.